The van der Waals surface area contributed by atoms with Crippen molar-refractivity contribution >= 4 is 0 Å². The summed E-state index contributed by atoms with van der Waals surface area (Å²) >= 11 is 0. The zero-order chi connectivity index (χ0) is 4.99. The molecule has 0 bridgehead atoms. The van der Waals surface area contributed by atoms with Crippen LogP contribution in [0.25, 0.3) is 0 Å². The lowest BCUT2D eigenvalue weighted by atomic mass is 10.5. The van der Waals surface area contributed by atoms with Gasteiger partial charge in [-0.25, -0.2) is 4.39 Å². The van der Waals surface area contributed by atoms with E-state index in [1.165, 1.54) is 19.1 Å². The average Bonchev–Trinajstić information content (AvgIpc) is 1.35. The molecule has 0 N–H and O–H groups in total. The van der Waals surface area contributed by atoms with Gasteiger partial charge in [-0.3, -0.25) is 0 Å². The lowest BCUT2D eigenvalue weighted by molar-refractivity contribution is 0.641. The van der Waals surface area contributed by atoms with Crippen molar-refractivity contribution in [3.63, 3.8) is 0 Å². The number of hydrogen-bond acceptors (Lipinski definition) is 0. The van der Waals surface area contributed by atoms with Crippen molar-refractivity contribution in [3.05, 3.63) is 24.6 Å². The van der Waals surface area contributed by atoms with Gasteiger partial charge in [0.25, 0.3) is 0 Å². The molecule has 0 aliphatic heterocycles. The fourth-order valence-corrected chi connectivity index (χ4v) is 0.162. The molecule has 0 aromatic carbocycles. The lowest BCUT2D eigenvalue weighted by Crippen LogP contribution is -1.51. The first-order chi connectivity index (χ1) is 2.77. The maximum absolute atomic E-state index is 11.5. The van der Waals surface area contributed by atoms with Crippen LogP contribution in [0.3, 0.4) is 0 Å². The Labute approximate surface area is 37.0 Å². The molecule has 0 saturated carbocycles. The fourth-order valence-electron chi connectivity index (χ4n) is 0.162. The summed E-state index contributed by atoms with van der Waals surface area (Å²) in [6.07, 6.45) is 2.72. The van der Waals surface area contributed by atoms with Crippen LogP contribution in [0.4, 0.5) is 4.39 Å². The van der Waals surface area contributed by atoms with E-state index in [9.17, 15) is 4.39 Å². The number of rotatable bonds is 1. The maximum Gasteiger partial charge on any atom is 0.0968 e. The highest BCUT2D eigenvalue weighted by atomic mass is 19.1. The summed E-state index contributed by atoms with van der Waals surface area (Å²) in [7, 11) is 0. The van der Waals surface area contributed by atoms with E-state index >= 15 is 0 Å². The van der Waals surface area contributed by atoms with Crippen LogP contribution in [-0.4, -0.2) is 0 Å². The Bertz CT molecular complexity index is 68.0. The molecule has 0 saturated heterocycles. The molecule has 0 rings (SSSR count). The summed E-state index contributed by atoms with van der Waals surface area (Å²) in [5.74, 6) is -0.204. The van der Waals surface area contributed by atoms with Gasteiger partial charge >= 0.3 is 0 Å². The fraction of sp³-hybridized carbons (Fsp3) is 0.200. The molecule has 1 heteroatoms. The summed E-state index contributed by atoms with van der Waals surface area (Å²) in [4.78, 5) is 0. The van der Waals surface area contributed by atoms with Gasteiger partial charge in [-0.1, -0.05) is 12.7 Å². The predicted molar refractivity (Wildman–Crippen MR) is 25.1 cm³/mol. The van der Waals surface area contributed by atoms with Crippen LogP contribution in [0.15, 0.2) is 24.6 Å². The van der Waals surface area contributed by atoms with Crippen LogP contribution in [0.5, 0.6) is 0 Å². The molecule has 0 fully saturated rings. The normalized spacial score (nSPS) is 11.3. The van der Waals surface area contributed by atoms with E-state index in [0.29, 0.717) is 0 Å². The topological polar surface area (TPSA) is 0 Å². The van der Waals surface area contributed by atoms with Gasteiger partial charge in [-0.05, 0) is 13.0 Å². The SMILES string of the molecule is C=C/C=C(\C)F. The molecular weight excluding hydrogens is 79.1 g/mol. The Morgan fingerprint density at radius 2 is 2.33 bits per heavy atom. The Hall–Kier alpha value is -0.590. The van der Waals surface area contributed by atoms with E-state index in [1.807, 2.05) is 0 Å². The van der Waals surface area contributed by atoms with Gasteiger partial charge in [0.15, 0.2) is 0 Å². The third-order valence-electron chi connectivity index (χ3n) is 0.348. The van der Waals surface area contributed by atoms with Crippen molar-refractivity contribution in [2.45, 2.75) is 6.92 Å². The molecular formula is C5H7F. The number of allylic oxidation sites excluding steroid dienone is 3. The molecule has 0 aromatic rings. The van der Waals surface area contributed by atoms with Crippen LogP contribution in [0, 0.1) is 0 Å². The first-order valence-corrected chi connectivity index (χ1v) is 1.72. The third kappa shape index (κ3) is 3.41. The van der Waals surface area contributed by atoms with Crippen LogP contribution in [-0.2, 0) is 0 Å². The molecule has 0 unspecified atom stereocenters. The van der Waals surface area contributed by atoms with E-state index in [0.717, 1.165) is 0 Å². The molecule has 0 nitrogen and oxygen atoms in total. The molecule has 0 aromatic heterocycles. The standard InChI is InChI=1S/C5H7F/c1-3-4-5(2)6/h3-4H,1H2,2H3/b5-4+. The first kappa shape index (κ1) is 5.41. The number of halogens is 1. The van der Waals surface area contributed by atoms with Gasteiger partial charge in [-0.15, -0.1) is 0 Å². The highest BCUT2D eigenvalue weighted by molar-refractivity contribution is 5.00. The van der Waals surface area contributed by atoms with Crippen molar-refractivity contribution in [1.29, 1.82) is 0 Å². The third-order valence-corrected chi connectivity index (χ3v) is 0.348. The minimum absolute atomic E-state index is 0.204. The van der Waals surface area contributed by atoms with Gasteiger partial charge in [0.2, 0.25) is 0 Å². The monoisotopic (exact) mass is 86.1 g/mol. The molecule has 0 aliphatic rings. The predicted octanol–water partition coefficient (Wildman–Crippen LogP) is 2.05. The van der Waals surface area contributed by atoms with E-state index in [-0.39, 0.29) is 5.83 Å². The van der Waals surface area contributed by atoms with Crippen molar-refractivity contribution < 1.29 is 4.39 Å². The van der Waals surface area contributed by atoms with Gasteiger partial charge in [-0.2, -0.15) is 0 Å². The summed E-state index contributed by atoms with van der Waals surface area (Å²) in [6, 6.07) is 0. The highest BCUT2D eigenvalue weighted by Gasteiger charge is 1.69. The average molecular weight is 86.1 g/mol. The second-order valence-electron chi connectivity index (χ2n) is 0.989. The zero-order valence-corrected chi connectivity index (χ0v) is 3.74. The molecule has 0 atom stereocenters. The quantitative estimate of drug-likeness (QED) is 0.428. The zero-order valence-electron chi connectivity index (χ0n) is 3.74. The molecule has 34 valence electrons. The van der Waals surface area contributed by atoms with Gasteiger partial charge in [0.1, 0.15) is 0 Å². The lowest BCUT2D eigenvalue weighted by Gasteiger charge is -1.70. The minimum atomic E-state index is -0.204. The smallest absolute Gasteiger partial charge is 0.0968 e. The molecule has 6 heavy (non-hydrogen) atoms. The van der Waals surface area contributed by atoms with Crippen LogP contribution >= 0.6 is 0 Å². The van der Waals surface area contributed by atoms with Crippen molar-refractivity contribution in [2.75, 3.05) is 0 Å². The summed E-state index contributed by atoms with van der Waals surface area (Å²) in [5.41, 5.74) is 0. The van der Waals surface area contributed by atoms with E-state index in [4.69, 9.17) is 0 Å². The number of hydrogen-bond donors (Lipinski definition) is 0. The first-order valence-electron chi connectivity index (χ1n) is 1.72. The highest BCUT2D eigenvalue weighted by Crippen LogP contribution is 1.89. The molecule has 0 spiro atoms. The van der Waals surface area contributed by atoms with Crippen molar-refractivity contribution in [1.82, 2.24) is 0 Å². The molecule has 0 amide bonds. The second-order valence-corrected chi connectivity index (χ2v) is 0.989. The Morgan fingerprint density at radius 1 is 1.83 bits per heavy atom. The Balaban J connectivity index is 3.41. The van der Waals surface area contributed by atoms with Gasteiger partial charge in [0.05, 0.1) is 5.83 Å². The largest absolute Gasteiger partial charge is 0.212 e. The van der Waals surface area contributed by atoms with E-state index in [2.05, 4.69) is 6.58 Å². The van der Waals surface area contributed by atoms with Gasteiger partial charge in [0, 0.05) is 0 Å². The molecule has 0 aliphatic carbocycles. The molecule has 0 heterocycles. The van der Waals surface area contributed by atoms with Gasteiger partial charge < -0.3 is 0 Å². The van der Waals surface area contributed by atoms with Crippen LogP contribution in [0.1, 0.15) is 6.92 Å². The summed E-state index contributed by atoms with van der Waals surface area (Å²) < 4.78 is 11.5. The maximum atomic E-state index is 11.5. The van der Waals surface area contributed by atoms with E-state index in [1.54, 1.807) is 0 Å². The summed E-state index contributed by atoms with van der Waals surface area (Å²) in [6.45, 7) is 4.66. The van der Waals surface area contributed by atoms with Crippen LogP contribution < -0.4 is 0 Å². The Kier molecular flexibility index (Phi) is 2.38. The second kappa shape index (κ2) is 2.64. The van der Waals surface area contributed by atoms with Crippen molar-refractivity contribution in [3.8, 4) is 0 Å². The Morgan fingerprint density at radius 3 is 2.33 bits per heavy atom. The van der Waals surface area contributed by atoms with Crippen LogP contribution in [0.2, 0.25) is 0 Å². The van der Waals surface area contributed by atoms with E-state index < -0.39 is 0 Å². The minimum Gasteiger partial charge on any atom is -0.212 e. The van der Waals surface area contributed by atoms with Crippen molar-refractivity contribution in [2.24, 2.45) is 0 Å². The summed E-state index contributed by atoms with van der Waals surface area (Å²) in [5, 5.41) is 0. The molecule has 0 radical (unpaired) electrons.